The summed E-state index contributed by atoms with van der Waals surface area (Å²) in [5.41, 5.74) is 4.06. The van der Waals surface area contributed by atoms with Crippen molar-refractivity contribution in [2.75, 3.05) is 38.6 Å². The summed E-state index contributed by atoms with van der Waals surface area (Å²) in [6.07, 6.45) is 0. The second kappa shape index (κ2) is 9.18. The molecule has 0 radical (unpaired) electrons. The van der Waals surface area contributed by atoms with E-state index in [1.165, 1.54) is 5.56 Å². The summed E-state index contributed by atoms with van der Waals surface area (Å²) in [6.45, 7) is 7.51. The van der Waals surface area contributed by atoms with Crippen molar-refractivity contribution < 1.29 is 14.1 Å². The molecule has 8 heteroatoms. The molecule has 0 atom stereocenters. The van der Waals surface area contributed by atoms with Crippen molar-refractivity contribution in [2.45, 2.75) is 20.4 Å². The third-order valence-electron chi connectivity index (χ3n) is 5.59. The van der Waals surface area contributed by atoms with E-state index in [4.69, 9.17) is 9.26 Å². The Labute approximate surface area is 181 Å². The van der Waals surface area contributed by atoms with Crippen molar-refractivity contribution in [3.05, 3.63) is 59.4 Å². The molecule has 1 N–H and O–H groups in total. The topological polar surface area (TPSA) is 83.7 Å². The van der Waals surface area contributed by atoms with Gasteiger partial charge in [0.2, 0.25) is 0 Å². The number of methoxy groups -OCH3 is 1. The van der Waals surface area contributed by atoms with E-state index in [2.05, 4.69) is 27.3 Å². The van der Waals surface area contributed by atoms with Crippen LogP contribution in [-0.2, 0) is 6.54 Å². The SMILES string of the molecule is COc1ccc(-c2nc(CN3CCN(C(=O)Nc4ccc(C)c(C)c4)CC3)no2)cc1. The molecule has 3 aromatic rings. The lowest BCUT2D eigenvalue weighted by Crippen LogP contribution is -2.49. The van der Waals surface area contributed by atoms with E-state index in [0.29, 0.717) is 31.3 Å². The lowest BCUT2D eigenvalue weighted by atomic mass is 10.1. The van der Waals surface area contributed by atoms with Gasteiger partial charge in [0, 0.05) is 37.4 Å². The Morgan fingerprint density at radius 3 is 2.48 bits per heavy atom. The van der Waals surface area contributed by atoms with E-state index in [1.54, 1.807) is 7.11 Å². The van der Waals surface area contributed by atoms with Crippen molar-refractivity contribution in [3.63, 3.8) is 0 Å². The molecule has 0 aliphatic carbocycles. The highest BCUT2D eigenvalue weighted by molar-refractivity contribution is 5.89. The van der Waals surface area contributed by atoms with Gasteiger partial charge in [0.15, 0.2) is 5.82 Å². The lowest BCUT2D eigenvalue weighted by molar-refractivity contribution is 0.140. The number of amides is 2. The minimum absolute atomic E-state index is 0.0655. The molecule has 1 fully saturated rings. The summed E-state index contributed by atoms with van der Waals surface area (Å²) >= 11 is 0. The molecule has 1 saturated heterocycles. The van der Waals surface area contributed by atoms with Crippen LogP contribution in [-0.4, -0.2) is 59.3 Å². The summed E-state index contributed by atoms with van der Waals surface area (Å²) in [4.78, 5) is 21.1. The molecule has 8 nitrogen and oxygen atoms in total. The van der Waals surface area contributed by atoms with E-state index in [9.17, 15) is 4.79 Å². The Balaban J connectivity index is 1.28. The molecule has 1 aliphatic rings. The number of carbonyl (C=O) groups is 1. The fraction of sp³-hybridized carbons (Fsp3) is 0.348. The van der Waals surface area contributed by atoms with E-state index >= 15 is 0 Å². The second-order valence-electron chi connectivity index (χ2n) is 7.74. The number of nitrogens with one attached hydrogen (secondary N) is 1. The Morgan fingerprint density at radius 2 is 1.81 bits per heavy atom. The number of rotatable bonds is 5. The molecular weight excluding hydrogens is 394 g/mol. The van der Waals surface area contributed by atoms with Gasteiger partial charge in [-0.05, 0) is 61.4 Å². The summed E-state index contributed by atoms with van der Waals surface area (Å²) in [5.74, 6) is 1.91. The Hall–Kier alpha value is -3.39. The highest BCUT2D eigenvalue weighted by Crippen LogP contribution is 2.21. The summed E-state index contributed by atoms with van der Waals surface area (Å²) in [5, 5.41) is 7.10. The van der Waals surface area contributed by atoms with Gasteiger partial charge >= 0.3 is 6.03 Å². The van der Waals surface area contributed by atoms with Crippen LogP contribution in [0.5, 0.6) is 5.75 Å². The van der Waals surface area contributed by atoms with Crippen LogP contribution in [0.3, 0.4) is 0 Å². The van der Waals surface area contributed by atoms with E-state index in [1.807, 2.05) is 54.3 Å². The maximum absolute atomic E-state index is 12.6. The van der Waals surface area contributed by atoms with Gasteiger partial charge in [-0.25, -0.2) is 4.79 Å². The molecule has 0 saturated carbocycles. The number of aromatic nitrogens is 2. The first-order chi connectivity index (χ1) is 15.0. The number of urea groups is 1. The Morgan fingerprint density at radius 1 is 1.06 bits per heavy atom. The van der Waals surface area contributed by atoms with Gasteiger partial charge in [0.1, 0.15) is 5.75 Å². The van der Waals surface area contributed by atoms with Gasteiger partial charge in [0.25, 0.3) is 5.89 Å². The fourth-order valence-electron chi connectivity index (χ4n) is 3.50. The predicted octanol–water partition coefficient (Wildman–Crippen LogP) is 3.71. The standard InChI is InChI=1S/C23H27N5O3/c1-16-4-7-19(14-17(16)2)24-23(29)28-12-10-27(11-13-28)15-21-25-22(31-26-21)18-5-8-20(30-3)9-6-18/h4-9,14H,10-13,15H2,1-3H3,(H,24,29). The number of piperazine rings is 1. The first-order valence-corrected chi connectivity index (χ1v) is 10.3. The average molecular weight is 422 g/mol. The second-order valence-corrected chi connectivity index (χ2v) is 7.74. The molecule has 1 aromatic heterocycles. The molecule has 4 rings (SSSR count). The molecule has 0 unspecified atom stereocenters. The lowest BCUT2D eigenvalue weighted by Gasteiger charge is -2.34. The van der Waals surface area contributed by atoms with Crippen molar-refractivity contribution in [1.82, 2.24) is 19.9 Å². The molecular formula is C23H27N5O3. The quantitative estimate of drug-likeness (QED) is 0.676. The number of nitrogens with zero attached hydrogens (tertiary/aromatic N) is 4. The average Bonchev–Trinajstić information content (AvgIpc) is 3.25. The van der Waals surface area contributed by atoms with Gasteiger partial charge in [-0.1, -0.05) is 11.2 Å². The zero-order valence-electron chi connectivity index (χ0n) is 18.1. The van der Waals surface area contributed by atoms with E-state index < -0.39 is 0 Å². The molecule has 1 aliphatic heterocycles. The van der Waals surface area contributed by atoms with Crippen LogP contribution in [0, 0.1) is 13.8 Å². The summed E-state index contributed by atoms with van der Waals surface area (Å²) < 4.78 is 10.6. The van der Waals surface area contributed by atoms with Crippen molar-refractivity contribution in [1.29, 1.82) is 0 Å². The maximum atomic E-state index is 12.6. The monoisotopic (exact) mass is 421 g/mol. The van der Waals surface area contributed by atoms with Gasteiger partial charge in [-0.2, -0.15) is 4.98 Å². The largest absolute Gasteiger partial charge is 0.497 e. The van der Waals surface area contributed by atoms with Crippen LogP contribution in [0.15, 0.2) is 47.0 Å². The minimum Gasteiger partial charge on any atom is -0.497 e. The van der Waals surface area contributed by atoms with Crippen LogP contribution in [0.4, 0.5) is 10.5 Å². The Kier molecular flexibility index (Phi) is 6.18. The molecule has 2 heterocycles. The Bertz CT molecular complexity index is 1040. The summed E-state index contributed by atoms with van der Waals surface area (Å²) in [7, 11) is 1.63. The molecule has 2 amide bonds. The van der Waals surface area contributed by atoms with Gasteiger partial charge in [-0.15, -0.1) is 0 Å². The third kappa shape index (κ3) is 5.03. The number of aryl methyl sites for hydroxylation is 2. The maximum Gasteiger partial charge on any atom is 0.321 e. The molecule has 0 bridgehead atoms. The number of hydrogen-bond acceptors (Lipinski definition) is 6. The fourth-order valence-corrected chi connectivity index (χ4v) is 3.50. The molecule has 2 aromatic carbocycles. The highest BCUT2D eigenvalue weighted by Gasteiger charge is 2.22. The number of ether oxygens (including phenoxy) is 1. The van der Waals surface area contributed by atoms with Crippen molar-refractivity contribution >= 4 is 11.7 Å². The van der Waals surface area contributed by atoms with E-state index in [0.717, 1.165) is 35.7 Å². The van der Waals surface area contributed by atoms with Crippen LogP contribution in [0.1, 0.15) is 17.0 Å². The van der Waals surface area contributed by atoms with Crippen LogP contribution in [0.2, 0.25) is 0 Å². The number of carbonyl (C=O) groups excluding carboxylic acids is 1. The van der Waals surface area contributed by atoms with Crippen LogP contribution in [0.25, 0.3) is 11.5 Å². The minimum atomic E-state index is -0.0655. The first kappa shape index (κ1) is 20.9. The highest BCUT2D eigenvalue weighted by atomic mass is 16.5. The number of benzene rings is 2. The van der Waals surface area contributed by atoms with Crippen molar-refractivity contribution in [3.8, 4) is 17.2 Å². The van der Waals surface area contributed by atoms with Crippen LogP contribution >= 0.6 is 0 Å². The smallest absolute Gasteiger partial charge is 0.321 e. The number of hydrogen-bond donors (Lipinski definition) is 1. The molecule has 162 valence electrons. The van der Waals surface area contributed by atoms with Crippen molar-refractivity contribution in [2.24, 2.45) is 0 Å². The van der Waals surface area contributed by atoms with Gasteiger partial charge < -0.3 is 19.5 Å². The predicted molar refractivity (Wildman–Crippen MR) is 118 cm³/mol. The first-order valence-electron chi connectivity index (χ1n) is 10.3. The zero-order valence-corrected chi connectivity index (χ0v) is 18.1. The molecule has 31 heavy (non-hydrogen) atoms. The van der Waals surface area contributed by atoms with Crippen LogP contribution < -0.4 is 10.1 Å². The number of anilines is 1. The van der Waals surface area contributed by atoms with Gasteiger partial charge in [0.05, 0.1) is 13.7 Å². The zero-order chi connectivity index (χ0) is 21.8. The third-order valence-corrected chi connectivity index (χ3v) is 5.59. The normalized spacial score (nSPS) is 14.5. The van der Waals surface area contributed by atoms with Gasteiger partial charge in [-0.3, -0.25) is 4.90 Å². The molecule has 0 spiro atoms. The van der Waals surface area contributed by atoms with E-state index in [-0.39, 0.29) is 6.03 Å². The summed E-state index contributed by atoms with van der Waals surface area (Å²) in [6, 6.07) is 13.4.